The molecule has 4 nitrogen and oxygen atoms in total. The van der Waals surface area contributed by atoms with Gasteiger partial charge in [0.2, 0.25) is 0 Å². The van der Waals surface area contributed by atoms with Crippen molar-refractivity contribution in [2.45, 2.75) is 13.8 Å². The third-order valence-corrected chi connectivity index (χ3v) is 3.98. The van der Waals surface area contributed by atoms with Gasteiger partial charge in [-0.05, 0) is 49.2 Å². The van der Waals surface area contributed by atoms with Crippen molar-refractivity contribution in [3.63, 3.8) is 0 Å². The second kappa shape index (κ2) is 7.99. The van der Waals surface area contributed by atoms with Crippen LogP contribution in [0.1, 0.15) is 18.1 Å². The van der Waals surface area contributed by atoms with E-state index in [2.05, 4.69) is 15.8 Å². The van der Waals surface area contributed by atoms with Gasteiger partial charge in [0.25, 0.3) is 5.91 Å². The Morgan fingerprint density at radius 1 is 1.13 bits per heavy atom. The molecular formula is C17H17Cl2N3O. The Bertz CT molecular complexity index is 727. The molecule has 2 rings (SSSR count). The van der Waals surface area contributed by atoms with Gasteiger partial charge in [-0.3, -0.25) is 4.79 Å². The predicted octanol–water partition coefficient (Wildman–Crippen LogP) is 4.25. The lowest BCUT2D eigenvalue weighted by atomic mass is 10.1. The summed E-state index contributed by atoms with van der Waals surface area (Å²) in [5.74, 6) is -0.238. The zero-order chi connectivity index (χ0) is 16.8. The van der Waals surface area contributed by atoms with Crippen LogP contribution in [0.5, 0.6) is 0 Å². The highest BCUT2D eigenvalue weighted by Crippen LogP contribution is 2.22. The lowest BCUT2D eigenvalue weighted by molar-refractivity contribution is -0.119. The van der Waals surface area contributed by atoms with Gasteiger partial charge >= 0.3 is 0 Å². The van der Waals surface area contributed by atoms with E-state index in [0.717, 1.165) is 16.8 Å². The number of benzene rings is 2. The molecule has 2 aromatic carbocycles. The predicted molar refractivity (Wildman–Crippen MR) is 96.5 cm³/mol. The number of amides is 1. The maximum atomic E-state index is 11.9. The number of carbonyl (C=O) groups is 1. The summed E-state index contributed by atoms with van der Waals surface area (Å²) in [4.78, 5) is 11.9. The van der Waals surface area contributed by atoms with E-state index >= 15 is 0 Å². The van der Waals surface area contributed by atoms with Crippen LogP contribution in [0.2, 0.25) is 10.0 Å². The average Bonchev–Trinajstić information content (AvgIpc) is 2.54. The van der Waals surface area contributed by atoms with Crippen LogP contribution < -0.4 is 10.7 Å². The van der Waals surface area contributed by atoms with Crippen molar-refractivity contribution in [2.75, 3.05) is 11.9 Å². The van der Waals surface area contributed by atoms with Crippen molar-refractivity contribution in [1.29, 1.82) is 0 Å². The normalized spacial score (nSPS) is 11.2. The van der Waals surface area contributed by atoms with E-state index < -0.39 is 0 Å². The number of nitrogens with zero attached hydrogens (tertiary/aromatic N) is 1. The second-order valence-electron chi connectivity index (χ2n) is 5.01. The average molecular weight is 350 g/mol. The quantitative estimate of drug-likeness (QED) is 0.626. The van der Waals surface area contributed by atoms with Crippen LogP contribution in [0.15, 0.2) is 47.6 Å². The Labute approximate surface area is 145 Å². The van der Waals surface area contributed by atoms with Crippen LogP contribution in [-0.4, -0.2) is 18.2 Å². The summed E-state index contributed by atoms with van der Waals surface area (Å²) >= 11 is 11.9. The number of nitrogens with one attached hydrogen (secondary N) is 2. The fourth-order valence-corrected chi connectivity index (χ4v) is 2.22. The molecule has 0 aromatic heterocycles. The molecule has 2 N–H and O–H groups in total. The Morgan fingerprint density at radius 3 is 2.52 bits per heavy atom. The number of hydrogen-bond acceptors (Lipinski definition) is 3. The van der Waals surface area contributed by atoms with Gasteiger partial charge in [0.05, 0.1) is 12.3 Å². The summed E-state index contributed by atoms with van der Waals surface area (Å²) in [6.07, 6.45) is 0. The summed E-state index contributed by atoms with van der Waals surface area (Å²) in [5, 5.41) is 8.44. The molecule has 0 bridgehead atoms. The van der Waals surface area contributed by atoms with Gasteiger partial charge in [0.1, 0.15) is 0 Å². The van der Waals surface area contributed by atoms with E-state index in [4.69, 9.17) is 23.2 Å². The highest BCUT2D eigenvalue weighted by molar-refractivity contribution is 6.31. The van der Waals surface area contributed by atoms with E-state index in [-0.39, 0.29) is 12.5 Å². The van der Waals surface area contributed by atoms with Gasteiger partial charge in [0.15, 0.2) is 0 Å². The van der Waals surface area contributed by atoms with Crippen molar-refractivity contribution >= 4 is 40.5 Å². The van der Waals surface area contributed by atoms with Gasteiger partial charge in [0, 0.05) is 15.7 Å². The first kappa shape index (κ1) is 17.3. The minimum atomic E-state index is -0.238. The SMILES string of the molecule is C/C(=N\NC(=O)CNc1cccc(Cl)c1C)c1ccc(Cl)cc1. The molecule has 0 saturated carbocycles. The zero-order valence-electron chi connectivity index (χ0n) is 12.9. The van der Waals surface area contributed by atoms with Crippen LogP contribution in [0.3, 0.4) is 0 Å². The number of hydrogen-bond donors (Lipinski definition) is 2. The number of hydrazone groups is 1. The molecular weight excluding hydrogens is 333 g/mol. The molecule has 2 aromatic rings. The minimum absolute atomic E-state index is 0.110. The van der Waals surface area contributed by atoms with Gasteiger partial charge in [-0.25, -0.2) is 5.43 Å². The fourth-order valence-electron chi connectivity index (χ4n) is 1.92. The first-order chi connectivity index (χ1) is 11.0. The Kier molecular flexibility index (Phi) is 6.02. The summed E-state index contributed by atoms with van der Waals surface area (Å²) in [6, 6.07) is 12.8. The Balaban J connectivity index is 1.91. The molecule has 23 heavy (non-hydrogen) atoms. The third-order valence-electron chi connectivity index (χ3n) is 3.32. The molecule has 0 spiro atoms. The van der Waals surface area contributed by atoms with Crippen LogP contribution >= 0.6 is 23.2 Å². The van der Waals surface area contributed by atoms with Crippen LogP contribution in [0.4, 0.5) is 5.69 Å². The molecule has 0 heterocycles. The van der Waals surface area contributed by atoms with Gasteiger partial charge in [-0.2, -0.15) is 5.10 Å². The monoisotopic (exact) mass is 349 g/mol. The Hall–Kier alpha value is -2.04. The van der Waals surface area contributed by atoms with E-state index in [1.807, 2.05) is 44.2 Å². The number of carbonyl (C=O) groups excluding carboxylic acids is 1. The molecule has 1 amide bonds. The summed E-state index contributed by atoms with van der Waals surface area (Å²) in [6.45, 7) is 3.82. The molecule has 6 heteroatoms. The second-order valence-corrected chi connectivity index (χ2v) is 5.85. The highest BCUT2D eigenvalue weighted by atomic mass is 35.5. The molecule has 0 unspecified atom stereocenters. The molecule has 0 aliphatic rings. The molecule has 0 saturated heterocycles. The Morgan fingerprint density at radius 2 is 1.83 bits per heavy atom. The van der Waals surface area contributed by atoms with E-state index in [9.17, 15) is 4.79 Å². The zero-order valence-corrected chi connectivity index (χ0v) is 14.4. The lowest BCUT2D eigenvalue weighted by Gasteiger charge is -2.10. The molecule has 0 aliphatic heterocycles. The molecule has 0 radical (unpaired) electrons. The van der Waals surface area contributed by atoms with Gasteiger partial charge < -0.3 is 5.32 Å². The van der Waals surface area contributed by atoms with Crippen molar-refractivity contribution in [1.82, 2.24) is 5.43 Å². The molecule has 120 valence electrons. The van der Waals surface area contributed by atoms with E-state index in [0.29, 0.717) is 15.8 Å². The van der Waals surface area contributed by atoms with Crippen LogP contribution in [0, 0.1) is 6.92 Å². The standard InChI is InChI=1S/C17H17Cl2N3O/c1-11-15(19)4-3-5-16(11)20-10-17(23)22-21-12(2)13-6-8-14(18)9-7-13/h3-9,20H,10H2,1-2H3,(H,22,23)/b21-12+. The maximum Gasteiger partial charge on any atom is 0.259 e. The van der Waals surface area contributed by atoms with Crippen molar-refractivity contribution in [2.24, 2.45) is 5.10 Å². The lowest BCUT2D eigenvalue weighted by Crippen LogP contribution is -2.27. The smallest absolute Gasteiger partial charge is 0.259 e. The maximum absolute atomic E-state index is 11.9. The van der Waals surface area contributed by atoms with E-state index in [1.165, 1.54) is 0 Å². The summed E-state index contributed by atoms with van der Waals surface area (Å²) < 4.78 is 0. The molecule has 0 atom stereocenters. The fraction of sp³-hybridized carbons (Fsp3) is 0.176. The number of rotatable bonds is 5. The number of anilines is 1. The van der Waals surface area contributed by atoms with Gasteiger partial charge in [-0.15, -0.1) is 0 Å². The summed E-state index contributed by atoms with van der Waals surface area (Å²) in [5.41, 5.74) is 5.85. The molecule has 0 fully saturated rings. The first-order valence-corrected chi connectivity index (χ1v) is 7.81. The van der Waals surface area contributed by atoms with Crippen LogP contribution in [-0.2, 0) is 4.79 Å². The minimum Gasteiger partial charge on any atom is -0.376 e. The third kappa shape index (κ3) is 4.98. The topological polar surface area (TPSA) is 53.5 Å². The van der Waals surface area contributed by atoms with Crippen molar-refractivity contribution in [3.05, 3.63) is 63.6 Å². The van der Waals surface area contributed by atoms with Crippen molar-refractivity contribution < 1.29 is 4.79 Å². The van der Waals surface area contributed by atoms with Crippen molar-refractivity contribution in [3.8, 4) is 0 Å². The highest BCUT2D eigenvalue weighted by Gasteiger charge is 2.05. The van der Waals surface area contributed by atoms with Crippen LogP contribution in [0.25, 0.3) is 0 Å². The van der Waals surface area contributed by atoms with Gasteiger partial charge in [-0.1, -0.05) is 41.4 Å². The largest absolute Gasteiger partial charge is 0.376 e. The summed E-state index contributed by atoms with van der Waals surface area (Å²) in [7, 11) is 0. The number of halogens is 2. The van der Waals surface area contributed by atoms with E-state index in [1.54, 1.807) is 12.1 Å². The molecule has 0 aliphatic carbocycles. The first-order valence-electron chi connectivity index (χ1n) is 7.05.